The average molecular weight is 454 g/mol. The smallest absolute Gasteiger partial charge is 0.290 e. The average Bonchev–Trinajstić information content (AvgIpc) is 3.37. The monoisotopic (exact) mass is 453 g/mol. The van der Waals surface area contributed by atoms with E-state index in [4.69, 9.17) is 20.4 Å². The van der Waals surface area contributed by atoms with Crippen LogP contribution in [0.5, 0.6) is 0 Å². The third kappa shape index (κ3) is 3.86. The number of amides is 1. The van der Waals surface area contributed by atoms with E-state index in [1.807, 2.05) is 13.8 Å². The van der Waals surface area contributed by atoms with Gasteiger partial charge in [0.1, 0.15) is 5.76 Å². The first-order chi connectivity index (χ1) is 15.2. The Bertz CT molecular complexity index is 1200. The van der Waals surface area contributed by atoms with E-state index in [1.54, 1.807) is 36.1 Å². The SMILES string of the molecule is Cc1c(C(=O)N(Cc2nnc(-c3ccc(Cl)cc3)o2)C2CC2)oc2c1C(=O)CC(C)(C)C2. The van der Waals surface area contributed by atoms with Gasteiger partial charge in [-0.15, -0.1) is 10.2 Å². The van der Waals surface area contributed by atoms with E-state index in [1.165, 1.54) is 0 Å². The predicted molar refractivity (Wildman–Crippen MR) is 118 cm³/mol. The molecular weight excluding hydrogens is 430 g/mol. The molecule has 2 heterocycles. The maximum atomic E-state index is 13.5. The van der Waals surface area contributed by atoms with Crippen LogP contribution in [0.15, 0.2) is 33.1 Å². The van der Waals surface area contributed by atoms with E-state index in [2.05, 4.69) is 10.2 Å². The summed E-state index contributed by atoms with van der Waals surface area (Å²) in [4.78, 5) is 27.9. The molecule has 3 aromatic rings. The van der Waals surface area contributed by atoms with Crippen LogP contribution < -0.4 is 0 Å². The molecule has 8 heteroatoms. The van der Waals surface area contributed by atoms with E-state index >= 15 is 0 Å². The number of aromatic nitrogens is 2. The molecule has 0 unspecified atom stereocenters. The summed E-state index contributed by atoms with van der Waals surface area (Å²) in [7, 11) is 0. The van der Waals surface area contributed by atoms with Crippen LogP contribution in [0, 0.1) is 12.3 Å². The summed E-state index contributed by atoms with van der Waals surface area (Å²) in [6.45, 7) is 6.06. The highest BCUT2D eigenvalue weighted by Crippen LogP contribution is 2.39. The molecule has 0 N–H and O–H groups in total. The first-order valence-electron chi connectivity index (χ1n) is 10.8. The minimum atomic E-state index is -0.240. The van der Waals surface area contributed by atoms with Crippen molar-refractivity contribution in [3.05, 3.63) is 57.8 Å². The Balaban J connectivity index is 1.41. The van der Waals surface area contributed by atoms with Gasteiger partial charge in [-0.1, -0.05) is 25.4 Å². The zero-order valence-electron chi connectivity index (χ0n) is 18.3. The van der Waals surface area contributed by atoms with Crippen molar-refractivity contribution in [1.82, 2.24) is 15.1 Å². The Morgan fingerprint density at radius 2 is 1.88 bits per heavy atom. The van der Waals surface area contributed by atoms with Crippen LogP contribution in [-0.2, 0) is 13.0 Å². The Labute approximate surface area is 190 Å². The van der Waals surface area contributed by atoms with Gasteiger partial charge in [-0.25, -0.2) is 0 Å². The lowest BCUT2D eigenvalue weighted by molar-refractivity contribution is 0.0676. The lowest BCUT2D eigenvalue weighted by Gasteiger charge is -2.27. The summed E-state index contributed by atoms with van der Waals surface area (Å²) >= 11 is 5.94. The summed E-state index contributed by atoms with van der Waals surface area (Å²) in [5, 5.41) is 8.87. The number of rotatable bonds is 5. The number of hydrogen-bond donors (Lipinski definition) is 0. The predicted octanol–water partition coefficient (Wildman–Crippen LogP) is 5.25. The zero-order chi connectivity index (χ0) is 22.6. The van der Waals surface area contributed by atoms with E-state index in [0.717, 1.165) is 18.4 Å². The van der Waals surface area contributed by atoms with Crippen LogP contribution in [0.4, 0.5) is 0 Å². The highest BCUT2D eigenvalue weighted by atomic mass is 35.5. The number of carbonyl (C=O) groups excluding carboxylic acids is 2. The van der Waals surface area contributed by atoms with Gasteiger partial charge in [0.05, 0.1) is 12.1 Å². The van der Waals surface area contributed by atoms with Crippen molar-refractivity contribution in [1.29, 1.82) is 0 Å². The fourth-order valence-electron chi connectivity index (χ4n) is 4.34. The second-order valence-corrected chi connectivity index (χ2v) is 9.90. The maximum Gasteiger partial charge on any atom is 0.290 e. The minimum Gasteiger partial charge on any atom is -0.455 e. The molecule has 0 aliphatic heterocycles. The van der Waals surface area contributed by atoms with Crippen molar-refractivity contribution in [2.45, 2.75) is 59.0 Å². The van der Waals surface area contributed by atoms with Gasteiger partial charge in [-0.2, -0.15) is 0 Å². The molecule has 0 atom stereocenters. The van der Waals surface area contributed by atoms with Crippen molar-refractivity contribution in [3.8, 4) is 11.5 Å². The molecule has 2 aromatic heterocycles. The second kappa shape index (κ2) is 7.59. The second-order valence-electron chi connectivity index (χ2n) is 9.47. The van der Waals surface area contributed by atoms with Gasteiger partial charge in [0, 0.05) is 35.0 Å². The maximum absolute atomic E-state index is 13.5. The first kappa shape index (κ1) is 20.9. The van der Waals surface area contributed by atoms with Crippen LogP contribution in [0.1, 0.15) is 71.2 Å². The van der Waals surface area contributed by atoms with Gasteiger partial charge in [0.25, 0.3) is 5.91 Å². The van der Waals surface area contributed by atoms with Crippen LogP contribution in [0.25, 0.3) is 11.5 Å². The molecule has 2 aliphatic carbocycles. The van der Waals surface area contributed by atoms with Crippen LogP contribution in [0.2, 0.25) is 5.02 Å². The van der Waals surface area contributed by atoms with Crippen LogP contribution >= 0.6 is 11.6 Å². The van der Waals surface area contributed by atoms with E-state index < -0.39 is 0 Å². The standard InChI is InChI=1S/C24H24ClN3O4/c1-13-20-17(29)10-24(2,3)11-18(20)31-21(13)23(30)28(16-8-9-16)12-19-26-27-22(32-19)14-4-6-15(25)7-5-14/h4-7,16H,8-12H2,1-3H3. The molecule has 5 rings (SSSR count). The fraction of sp³-hybridized carbons (Fsp3) is 0.417. The summed E-state index contributed by atoms with van der Waals surface area (Å²) in [6, 6.07) is 7.22. The third-order valence-corrected chi connectivity index (χ3v) is 6.34. The highest BCUT2D eigenvalue weighted by Gasteiger charge is 2.40. The molecule has 0 bridgehead atoms. The van der Waals surface area contributed by atoms with E-state index in [0.29, 0.717) is 46.5 Å². The van der Waals surface area contributed by atoms with Gasteiger partial charge < -0.3 is 13.7 Å². The molecule has 166 valence electrons. The van der Waals surface area contributed by atoms with Gasteiger partial charge in [0.15, 0.2) is 11.5 Å². The molecule has 1 amide bonds. The van der Waals surface area contributed by atoms with E-state index in [-0.39, 0.29) is 35.5 Å². The fourth-order valence-corrected chi connectivity index (χ4v) is 4.47. The normalized spacial score (nSPS) is 17.3. The number of ketones is 1. The molecule has 0 saturated heterocycles. The lowest BCUT2D eigenvalue weighted by atomic mass is 9.76. The molecule has 2 aliphatic rings. The summed E-state index contributed by atoms with van der Waals surface area (Å²) in [6.07, 6.45) is 2.92. The molecule has 7 nitrogen and oxygen atoms in total. The first-order valence-corrected chi connectivity index (χ1v) is 11.1. The number of hydrogen-bond acceptors (Lipinski definition) is 6. The number of benzene rings is 1. The molecule has 0 radical (unpaired) electrons. The van der Waals surface area contributed by atoms with E-state index in [9.17, 15) is 9.59 Å². The summed E-state index contributed by atoms with van der Waals surface area (Å²) in [5.74, 6) is 1.38. The van der Waals surface area contributed by atoms with Crippen molar-refractivity contribution in [2.75, 3.05) is 0 Å². The molecule has 32 heavy (non-hydrogen) atoms. The highest BCUT2D eigenvalue weighted by molar-refractivity contribution is 6.30. The Morgan fingerprint density at radius 1 is 1.16 bits per heavy atom. The van der Waals surface area contributed by atoms with Gasteiger partial charge in [-0.05, 0) is 49.4 Å². The van der Waals surface area contributed by atoms with Gasteiger partial charge in [-0.3, -0.25) is 9.59 Å². The van der Waals surface area contributed by atoms with Crippen LogP contribution in [-0.4, -0.2) is 32.8 Å². The Kier molecular flexibility index (Phi) is 4.97. The zero-order valence-corrected chi connectivity index (χ0v) is 19.0. The molecular formula is C24H24ClN3O4. The summed E-state index contributed by atoms with van der Waals surface area (Å²) < 4.78 is 11.8. The number of nitrogens with zero attached hydrogens (tertiary/aromatic N) is 3. The molecule has 1 aromatic carbocycles. The third-order valence-electron chi connectivity index (χ3n) is 6.08. The minimum absolute atomic E-state index is 0.0408. The largest absolute Gasteiger partial charge is 0.455 e. The Hall–Kier alpha value is -2.93. The molecule has 1 fully saturated rings. The lowest BCUT2D eigenvalue weighted by Crippen LogP contribution is -2.33. The summed E-state index contributed by atoms with van der Waals surface area (Å²) in [5.41, 5.74) is 1.79. The number of furan rings is 1. The molecule has 0 spiro atoms. The quantitative estimate of drug-likeness (QED) is 0.524. The topological polar surface area (TPSA) is 89.4 Å². The number of fused-ring (bicyclic) bond motifs is 1. The van der Waals surface area contributed by atoms with Crippen molar-refractivity contribution in [3.63, 3.8) is 0 Å². The van der Waals surface area contributed by atoms with Crippen molar-refractivity contribution < 1.29 is 18.4 Å². The van der Waals surface area contributed by atoms with Crippen LogP contribution in [0.3, 0.4) is 0 Å². The van der Waals surface area contributed by atoms with Gasteiger partial charge >= 0.3 is 0 Å². The number of Topliss-reactive ketones (excluding diaryl/α,β-unsaturated/α-hetero) is 1. The number of carbonyl (C=O) groups is 2. The Morgan fingerprint density at radius 3 is 2.56 bits per heavy atom. The van der Waals surface area contributed by atoms with Gasteiger partial charge in [0.2, 0.25) is 11.8 Å². The van der Waals surface area contributed by atoms with Crippen molar-refractivity contribution in [2.24, 2.45) is 5.41 Å². The number of halogens is 1. The van der Waals surface area contributed by atoms with Crippen molar-refractivity contribution >= 4 is 23.3 Å². The molecule has 1 saturated carbocycles.